The van der Waals surface area contributed by atoms with Gasteiger partial charge in [0.25, 0.3) is 0 Å². The van der Waals surface area contributed by atoms with Crippen LogP contribution in [0.3, 0.4) is 0 Å². The van der Waals surface area contributed by atoms with Crippen molar-refractivity contribution in [2.24, 2.45) is 0 Å². The lowest BCUT2D eigenvalue weighted by molar-refractivity contribution is 0.631. The molecule has 1 heterocycles. The Labute approximate surface area is 86.2 Å². The second-order valence-corrected chi connectivity index (χ2v) is 4.09. The van der Waals surface area contributed by atoms with Gasteiger partial charge >= 0.3 is 0 Å². The largest absolute Gasteiger partial charge is 0.241 e. The molecule has 2 aromatic rings. The number of thiazole rings is 1. The van der Waals surface area contributed by atoms with E-state index in [0.29, 0.717) is 10.6 Å². The van der Waals surface area contributed by atoms with Gasteiger partial charge in [0, 0.05) is 10.4 Å². The predicted octanol–water partition coefficient (Wildman–Crippen LogP) is 3.44. The first kappa shape index (κ1) is 9.34. The van der Waals surface area contributed by atoms with E-state index < -0.39 is 0 Å². The Morgan fingerprint density at radius 2 is 2.07 bits per heavy atom. The molecule has 0 aliphatic carbocycles. The van der Waals surface area contributed by atoms with Crippen LogP contribution in [0.15, 0.2) is 24.3 Å². The molecule has 3 heteroatoms. The van der Waals surface area contributed by atoms with Crippen LogP contribution in [0.1, 0.15) is 10.6 Å². The molecule has 71 valence electrons. The van der Waals surface area contributed by atoms with Crippen molar-refractivity contribution in [2.75, 3.05) is 0 Å². The van der Waals surface area contributed by atoms with Crippen LogP contribution in [0.25, 0.3) is 10.6 Å². The highest BCUT2D eigenvalue weighted by molar-refractivity contribution is 7.15. The van der Waals surface area contributed by atoms with Crippen LogP contribution in [0, 0.1) is 19.7 Å². The van der Waals surface area contributed by atoms with Gasteiger partial charge in [0.05, 0.1) is 5.69 Å². The number of halogens is 1. The van der Waals surface area contributed by atoms with E-state index in [0.717, 1.165) is 10.6 Å². The summed E-state index contributed by atoms with van der Waals surface area (Å²) in [5, 5.41) is 0.700. The molecular weight excluding hydrogens is 197 g/mol. The van der Waals surface area contributed by atoms with E-state index in [4.69, 9.17) is 0 Å². The Morgan fingerprint density at radius 3 is 2.64 bits per heavy atom. The van der Waals surface area contributed by atoms with Crippen molar-refractivity contribution in [3.63, 3.8) is 0 Å². The minimum Gasteiger partial charge on any atom is -0.241 e. The van der Waals surface area contributed by atoms with Crippen LogP contribution < -0.4 is 0 Å². The number of hydrogen-bond acceptors (Lipinski definition) is 2. The third kappa shape index (κ3) is 1.55. The van der Waals surface area contributed by atoms with Crippen LogP contribution in [0.4, 0.5) is 4.39 Å². The molecule has 1 radical (unpaired) electrons. The molecule has 14 heavy (non-hydrogen) atoms. The number of rotatable bonds is 1. The second-order valence-electron chi connectivity index (χ2n) is 3.01. The quantitative estimate of drug-likeness (QED) is 0.696. The molecule has 0 fully saturated rings. The highest BCUT2D eigenvalue weighted by Crippen LogP contribution is 2.28. The summed E-state index contributed by atoms with van der Waals surface area (Å²) in [6, 6.07) is 6.64. The zero-order chi connectivity index (χ0) is 10.1. The standard InChI is InChI=1S/C11H9FNS/c1-7-8(2)14-11(13-7)9-5-3-4-6-10(9)12/h3-6H,2H2,1H3. The molecule has 0 saturated heterocycles. The molecule has 0 bridgehead atoms. The zero-order valence-corrected chi connectivity index (χ0v) is 8.57. The summed E-state index contributed by atoms with van der Waals surface area (Å²) in [7, 11) is 0. The van der Waals surface area contributed by atoms with Gasteiger partial charge in [-0.1, -0.05) is 12.1 Å². The van der Waals surface area contributed by atoms with Crippen molar-refractivity contribution >= 4 is 11.3 Å². The van der Waals surface area contributed by atoms with Crippen molar-refractivity contribution < 1.29 is 4.39 Å². The molecule has 0 N–H and O–H groups in total. The van der Waals surface area contributed by atoms with Gasteiger partial charge in [-0.2, -0.15) is 0 Å². The van der Waals surface area contributed by atoms with Gasteiger partial charge in [0.15, 0.2) is 0 Å². The lowest BCUT2D eigenvalue weighted by Crippen LogP contribution is -1.82. The molecule has 0 spiro atoms. The van der Waals surface area contributed by atoms with E-state index in [1.165, 1.54) is 17.4 Å². The molecule has 0 saturated carbocycles. The lowest BCUT2D eigenvalue weighted by Gasteiger charge is -1.96. The summed E-state index contributed by atoms with van der Waals surface area (Å²) in [5.74, 6) is -0.235. The first-order chi connectivity index (χ1) is 6.68. The molecule has 0 amide bonds. The maximum atomic E-state index is 13.4. The van der Waals surface area contributed by atoms with Gasteiger partial charge in [-0.25, -0.2) is 9.37 Å². The van der Waals surface area contributed by atoms with Crippen molar-refractivity contribution in [1.29, 1.82) is 0 Å². The molecule has 1 aromatic carbocycles. The van der Waals surface area contributed by atoms with Gasteiger partial charge in [0.2, 0.25) is 0 Å². The highest BCUT2D eigenvalue weighted by Gasteiger charge is 2.09. The van der Waals surface area contributed by atoms with Crippen LogP contribution in [-0.4, -0.2) is 4.98 Å². The molecule has 1 aromatic heterocycles. The summed E-state index contributed by atoms with van der Waals surface area (Å²) < 4.78 is 13.4. The Hall–Kier alpha value is -1.22. The van der Waals surface area contributed by atoms with Gasteiger partial charge < -0.3 is 0 Å². The van der Waals surface area contributed by atoms with E-state index in [1.54, 1.807) is 18.2 Å². The Kier molecular flexibility index (Phi) is 2.33. The van der Waals surface area contributed by atoms with Crippen LogP contribution in [-0.2, 0) is 0 Å². The minimum absolute atomic E-state index is 0.235. The van der Waals surface area contributed by atoms with E-state index in [1.807, 2.05) is 6.92 Å². The second kappa shape index (κ2) is 3.50. The fourth-order valence-corrected chi connectivity index (χ4v) is 2.06. The molecule has 1 nitrogen and oxygen atoms in total. The molecule has 2 rings (SSSR count). The maximum absolute atomic E-state index is 13.4. The Bertz CT molecular complexity index is 443. The summed E-state index contributed by atoms with van der Waals surface area (Å²) in [4.78, 5) is 5.15. The first-order valence-corrected chi connectivity index (χ1v) is 5.04. The van der Waals surface area contributed by atoms with Crippen molar-refractivity contribution in [2.45, 2.75) is 6.92 Å². The molecule has 0 aliphatic heterocycles. The van der Waals surface area contributed by atoms with Crippen LogP contribution >= 0.6 is 11.3 Å². The number of hydrogen-bond donors (Lipinski definition) is 0. The van der Waals surface area contributed by atoms with Gasteiger partial charge in [0.1, 0.15) is 10.8 Å². The Balaban J connectivity index is 2.55. The van der Waals surface area contributed by atoms with E-state index in [2.05, 4.69) is 11.9 Å². The van der Waals surface area contributed by atoms with Gasteiger partial charge in [-0.05, 0) is 26.0 Å². The summed E-state index contributed by atoms with van der Waals surface area (Å²) in [6.45, 7) is 5.71. The predicted molar refractivity (Wildman–Crippen MR) is 56.7 cm³/mol. The minimum atomic E-state index is -0.235. The Morgan fingerprint density at radius 1 is 1.36 bits per heavy atom. The van der Waals surface area contributed by atoms with Crippen molar-refractivity contribution in [3.8, 4) is 10.6 Å². The third-order valence-electron chi connectivity index (χ3n) is 2.00. The summed E-state index contributed by atoms with van der Waals surface area (Å²) >= 11 is 1.42. The number of nitrogens with zero attached hydrogens (tertiary/aromatic N) is 1. The number of aromatic nitrogens is 1. The van der Waals surface area contributed by atoms with Gasteiger partial charge in [-0.3, -0.25) is 0 Å². The van der Waals surface area contributed by atoms with E-state index in [-0.39, 0.29) is 5.82 Å². The van der Waals surface area contributed by atoms with Crippen molar-refractivity contribution in [1.82, 2.24) is 4.98 Å². The monoisotopic (exact) mass is 206 g/mol. The fourth-order valence-electron chi connectivity index (χ4n) is 1.18. The van der Waals surface area contributed by atoms with E-state index in [9.17, 15) is 4.39 Å². The normalized spacial score (nSPS) is 10.5. The van der Waals surface area contributed by atoms with Crippen LogP contribution in [0.5, 0.6) is 0 Å². The molecule has 0 unspecified atom stereocenters. The maximum Gasteiger partial charge on any atom is 0.133 e. The number of aryl methyl sites for hydroxylation is 1. The SMILES string of the molecule is [CH2]c1sc(-c2ccccc2F)nc1C. The van der Waals surface area contributed by atoms with Gasteiger partial charge in [-0.15, -0.1) is 11.3 Å². The lowest BCUT2D eigenvalue weighted by atomic mass is 10.2. The average molecular weight is 206 g/mol. The summed E-state index contributed by atoms with van der Waals surface area (Å²) in [5.41, 5.74) is 1.42. The van der Waals surface area contributed by atoms with Crippen LogP contribution in [0.2, 0.25) is 0 Å². The molecular formula is C11H9FNS. The van der Waals surface area contributed by atoms with E-state index >= 15 is 0 Å². The third-order valence-corrected chi connectivity index (χ3v) is 3.04. The highest BCUT2D eigenvalue weighted by atomic mass is 32.1. The zero-order valence-electron chi connectivity index (χ0n) is 7.75. The smallest absolute Gasteiger partial charge is 0.133 e. The average Bonchev–Trinajstić information content (AvgIpc) is 2.48. The molecule has 0 aliphatic rings. The topological polar surface area (TPSA) is 12.9 Å². The fraction of sp³-hybridized carbons (Fsp3) is 0.0909. The number of benzene rings is 1. The summed E-state index contributed by atoms with van der Waals surface area (Å²) in [6.07, 6.45) is 0. The first-order valence-electron chi connectivity index (χ1n) is 4.23. The van der Waals surface area contributed by atoms with Crippen molar-refractivity contribution in [3.05, 3.63) is 47.6 Å². The molecule has 0 atom stereocenters.